The van der Waals surface area contributed by atoms with E-state index in [0.717, 1.165) is 0 Å². The molecule has 3 nitrogen and oxygen atoms in total. The minimum Gasteiger partial charge on any atom is -0.444 e. The van der Waals surface area contributed by atoms with Gasteiger partial charge in [-0.1, -0.05) is 0 Å². The third-order valence-corrected chi connectivity index (χ3v) is 2.75. The highest BCUT2D eigenvalue weighted by molar-refractivity contribution is 14.1. The molecule has 1 amide bonds. The maximum Gasteiger partial charge on any atom is 0.412 e. The van der Waals surface area contributed by atoms with Crippen LogP contribution in [0.15, 0.2) is 6.07 Å². The van der Waals surface area contributed by atoms with Crippen LogP contribution in [0.3, 0.4) is 0 Å². The number of halogens is 4. The van der Waals surface area contributed by atoms with Gasteiger partial charge in [0.15, 0.2) is 17.5 Å². The SMILES string of the molecule is CC(C)(C)OC(=O)Nc1c(F)cc(F)c(F)c1I. The van der Waals surface area contributed by atoms with Crippen LogP contribution in [0, 0.1) is 21.0 Å². The molecule has 0 aromatic heterocycles. The van der Waals surface area contributed by atoms with E-state index in [0.29, 0.717) is 6.07 Å². The Morgan fingerprint density at radius 2 is 1.83 bits per heavy atom. The number of hydrogen-bond acceptors (Lipinski definition) is 2. The van der Waals surface area contributed by atoms with Gasteiger partial charge in [-0.25, -0.2) is 18.0 Å². The number of amides is 1. The molecule has 0 aliphatic rings. The predicted octanol–water partition coefficient (Wildman–Crippen LogP) is 4.06. The fourth-order valence-corrected chi connectivity index (χ4v) is 1.74. The van der Waals surface area contributed by atoms with Gasteiger partial charge in [-0.05, 0) is 43.4 Å². The first-order valence-electron chi connectivity index (χ1n) is 4.95. The molecule has 0 fully saturated rings. The second-order valence-electron chi connectivity index (χ2n) is 4.47. The molecule has 100 valence electrons. The van der Waals surface area contributed by atoms with Crippen molar-refractivity contribution in [1.29, 1.82) is 0 Å². The quantitative estimate of drug-likeness (QED) is 0.458. The van der Waals surface area contributed by atoms with Crippen LogP contribution < -0.4 is 5.32 Å². The van der Waals surface area contributed by atoms with E-state index in [1.807, 2.05) is 0 Å². The van der Waals surface area contributed by atoms with Crippen molar-refractivity contribution in [2.45, 2.75) is 26.4 Å². The Morgan fingerprint density at radius 3 is 2.33 bits per heavy atom. The van der Waals surface area contributed by atoms with Gasteiger partial charge in [-0.2, -0.15) is 0 Å². The lowest BCUT2D eigenvalue weighted by molar-refractivity contribution is 0.0635. The van der Waals surface area contributed by atoms with Crippen molar-refractivity contribution in [2.24, 2.45) is 0 Å². The van der Waals surface area contributed by atoms with Gasteiger partial charge in [0.25, 0.3) is 0 Å². The number of carbonyl (C=O) groups excluding carboxylic acids is 1. The third kappa shape index (κ3) is 3.76. The molecule has 0 radical (unpaired) electrons. The highest BCUT2D eigenvalue weighted by atomic mass is 127. The predicted molar refractivity (Wildman–Crippen MR) is 68.9 cm³/mol. The summed E-state index contributed by atoms with van der Waals surface area (Å²) in [5.41, 5.74) is -1.21. The van der Waals surface area contributed by atoms with Crippen LogP contribution in [0.2, 0.25) is 0 Å². The second-order valence-corrected chi connectivity index (χ2v) is 5.55. The molecule has 1 aromatic rings. The van der Waals surface area contributed by atoms with E-state index in [2.05, 4.69) is 5.32 Å². The lowest BCUT2D eigenvalue weighted by atomic mass is 10.2. The minimum absolute atomic E-state index is 0.351. The summed E-state index contributed by atoms with van der Waals surface area (Å²) in [4.78, 5) is 11.4. The van der Waals surface area contributed by atoms with Crippen LogP contribution in [-0.4, -0.2) is 11.7 Å². The van der Waals surface area contributed by atoms with E-state index < -0.39 is 34.8 Å². The molecule has 0 spiro atoms. The summed E-state index contributed by atoms with van der Waals surface area (Å²) in [6.07, 6.45) is -0.940. The Labute approximate surface area is 116 Å². The Kier molecular flexibility index (Phi) is 4.46. The van der Waals surface area contributed by atoms with Crippen LogP contribution >= 0.6 is 22.6 Å². The Bertz CT molecular complexity index is 486. The van der Waals surface area contributed by atoms with Crippen LogP contribution in [0.1, 0.15) is 20.8 Å². The van der Waals surface area contributed by atoms with Crippen molar-refractivity contribution in [1.82, 2.24) is 0 Å². The van der Waals surface area contributed by atoms with E-state index in [-0.39, 0.29) is 3.57 Å². The van der Waals surface area contributed by atoms with E-state index in [1.54, 1.807) is 20.8 Å². The minimum atomic E-state index is -1.31. The molecule has 0 atom stereocenters. The summed E-state index contributed by atoms with van der Waals surface area (Å²) in [5.74, 6) is -3.60. The summed E-state index contributed by atoms with van der Waals surface area (Å²) >= 11 is 1.40. The number of nitrogens with one attached hydrogen (secondary N) is 1. The molecule has 0 aliphatic carbocycles. The van der Waals surface area contributed by atoms with Gasteiger partial charge in [0.1, 0.15) is 5.60 Å². The molecule has 0 unspecified atom stereocenters. The number of carbonyl (C=O) groups is 1. The molecule has 0 bridgehead atoms. The normalized spacial score (nSPS) is 11.3. The van der Waals surface area contributed by atoms with E-state index in [9.17, 15) is 18.0 Å². The average Bonchev–Trinajstić information content (AvgIpc) is 2.19. The number of anilines is 1. The highest BCUT2D eigenvalue weighted by Gasteiger charge is 2.21. The molecule has 0 aliphatic heterocycles. The van der Waals surface area contributed by atoms with Crippen molar-refractivity contribution >= 4 is 34.4 Å². The van der Waals surface area contributed by atoms with Crippen molar-refractivity contribution in [3.8, 4) is 0 Å². The van der Waals surface area contributed by atoms with Crippen molar-refractivity contribution in [2.75, 3.05) is 5.32 Å². The summed E-state index contributed by atoms with van der Waals surface area (Å²) < 4.78 is 44.0. The molecule has 1 aromatic carbocycles. The third-order valence-electron chi connectivity index (χ3n) is 1.74. The summed E-state index contributed by atoms with van der Waals surface area (Å²) in [5, 5.41) is 2.05. The maximum atomic E-state index is 13.4. The largest absolute Gasteiger partial charge is 0.444 e. The van der Waals surface area contributed by atoms with Crippen molar-refractivity contribution in [3.63, 3.8) is 0 Å². The fraction of sp³-hybridized carbons (Fsp3) is 0.364. The molecule has 1 N–H and O–H groups in total. The van der Waals surface area contributed by atoms with Gasteiger partial charge in [0.2, 0.25) is 0 Å². The highest BCUT2D eigenvalue weighted by Crippen LogP contribution is 2.27. The maximum absolute atomic E-state index is 13.4. The number of benzene rings is 1. The van der Waals surface area contributed by atoms with Crippen molar-refractivity contribution < 1.29 is 22.7 Å². The fourth-order valence-electron chi connectivity index (χ4n) is 1.09. The molecule has 7 heteroatoms. The van der Waals surface area contributed by atoms with Crippen LogP contribution in [-0.2, 0) is 4.74 Å². The Balaban J connectivity index is 2.99. The molecular weight excluding hydrogens is 362 g/mol. The van der Waals surface area contributed by atoms with E-state index >= 15 is 0 Å². The zero-order valence-corrected chi connectivity index (χ0v) is 12.1. The topological polar surface area (TPSA) is 38.3 Å². The summed E-state index contributed by atoms with van der Waals surface area (Å²) in [6, 6.07) is 0.365. The van der Waals surface area contributed by atoms with Gasteiger partial charge in [-0.15, -0.1) is 0 Å². The Hall–Kier alpha value is -0.990. The van der Waals surface area contributed by atoms with Gasteiger partial charge in [0.05, 0.1) is 9.26 Å². The van der Waals surface area contributed by atoms with E-state index in [4.69, 9.17) is 4.74 Å². The first-order chi connectivity index (χ1) is 8.11. The molecule has 18 heavy (non-hydrogen) atoms. The first-order valence-corrected chi connectivity index (χ1v) is 6.02. The van der Waals surface area contributed by atoms with Crippen LogP contribution in [0.5, 0.6) is 0 Å². The molecule has 0 saturated heterocycles. The monoisotopic (exact) mass is 373 g/mol. The lowest BCUT2D eigenvalue weighted by Crippen LogP contribution is -2.28. The van der Waals surface area contributed by atoms with Gasteiger partial charge in [-0.3, -0.25) is 5.32 Å². The number of ether oxygens (including phenoxy) is 1. The molecule has 0 heterocycles. The molecule has 0 saturated carbocycles. The van der Waals surface area contributed by atoms with Gasteiger partial charge >= 0.3 is 6.09 Å². The second kappa shape index (κ2) is 5.33. The first kappa shape index (κ1) is 15.1. The van der Waals surface area contributed by atoms with Crippen LogP contribution in [0.4, 0.5) is 23.7 Å². The lowest BCUT2D eigenvalue weighted by Gasteiger charge is -2.20. The average molecular weight is 373 g/mol. The van der Waals surface area contributed by atoms with Gasteiger partial charge in [0, 0.05) is 6.07 Å². The van der Waals surface area contributed by atoms with Gasteiger partial charge < -0.3 is 4.74 Å². The van der Waals surface area contributed by atoms with Crippen LogP contribution in [0.25, 0.3) is 0 Å². The number of hydrogen-bond donors (Lipinski definition) is 1. The molecular formula is C11H11F3INO2. The zero-order chi connectivity index (χ0) is 14.1. The number of rotatable bonds is 1. The molecule has 1 rings (SSSR count). The summed E-state index contributed by atoms with van der Waals surface area (Å²) in [6.45, 7) is 4.87. The zero-order valence-electron chi connectivity index (χ0n) is 9.91. The Morgan fingerprint density at radius 1 is 1.28 bits per heavy atom. The summed E-state index contributed by atoms with van der Waals surface area (Å²) in [7, 11) is 0. The smallest absolute Gasteiger partial charge is 0.412 e. The standard InChI is InChI=1S/C11H11F3INO2/c1-11(2,3)18-10(17)16-9-6(13)4-5(12)7(14)8(9)15/h4H,1-3H3,(H,16,17). The van der Waals surface area contributed by atoms with Crippen molar-refractivity contribution in [3.05, 3.63) is 27.1 Å². The van der Waals surface area contributed by atoms with E-state index in [1.165, 1.54) is 22.6 Å².